The minimum Gasteiger partial charge on any atom is -0.338 e. The molecule has 86 valence electrons. The number of rotatable bonds is 3. The molecule has 1 aromatic heterocycles. The third-order valence-corrected chi connectivity index (χ3v) is 1.85. The number of nitrogens with zero attached hydrogens (tertiary/aromatic N) is 2. The van der Waals surface area contributed by atoms with Crippen LogP contribution in [0.4, 0.5) is 13.2 Å². The van der Waals surface area contributed by atoms with Crippen LogP contribution in [0.1, 0.15) is 31.6 Å². The van der Waals surface area contributed by atoms with Crippen molar-refractivity contribution in [2.45, 2.75) is 32.5 Å². The zero-order valence-corrected chi connectivity index (χ0v) is 8.38. The molecule has 0 aliphatic rings. The predicted molar refractivity (Wildman–Crippen MR) is 45.8 cm³/mol. The second-order valence-corrected chi connectivity index (χ2v) is 3.61. The minimum absolute atomic E-state index is 0.0317. The molecule has 1 unspecified atom stereocenters. The van der Waals surface area contributed by atoms with E-state index in [2.05, 4.69) is 14.7 Å². The molecule has 0 aliphatic heterocycles. The van der Waals surface area contributed by atoms with Gasteiger partial charge in [0.2, 0.25) is 5.89 Å². The van der Waals surface area contributed by atoms with E-state index in [1.165, 1.54) is 0 Å². The summed E-state index contributed by atoms with van der Waals surface area (Å²) in [6, 6.07) is -0.528. The van der Waals surface area contributed by atoms with Gasteiger partial charge in [0.25, 0.3) is 0 Å². The molecular weight excluding hydrogens is 211 g/mol. The van der Waals surface area contributed by atoms with Crippen LogP contribution in [0, 0.1) is 5.92 Å². The van der Waals surface area contributed by atoms with Gasteiger partial charge in [-0.1, -0.05) is 19.0 Å². The van der Waals surface area contributed by atoms with Crippen molar-refractivity contribution in [3.05, 3.63) is 11.7 Å². The smallest absolute Gasteiger partial charge is 0.338 e. The summed E-state index contributed by atoms with van der Waals surface area (Å²) in [5, 5.41) is 3.22. The summed E-state index contributed by atoms with van der Waals surface area (Å²) < 4.78 is 40.5. The maximum absolute atomic E-state index is 12.0. The van der Waals surface area contributed by atoms with Crippen LogP contribution in [0.5, 0.6) is 0 Å². The Kier molecular flexibility index (Phi) is 3.33. The predicted octanol–water partition coefficient (Wildman–Crippen LogP) is 1.83. The lowest BCUT2D eigenvalue weighted by Gasteiger charge is -2.09. The van der Waals surface area contributed by atoms with Crippen molar-refractivity contribution in [3.8, 4) is 0 Å². The highest BCUT2D eigenvalue weighted by molar-refractivity contribution is 4.94. The van der Waals surface area contributed by atoms with E-state index in [9.17, 15) is 13.2 Å². The van der Waals surface area contributed by atoms with Crippen molar-refractivity contribution >= 4 is 0 Å². The SMILES string of the molecule is CC(C)C(N)c1nc(CC(F)(F)F)no1. The number of hydrogen-bond donors (Lipinski definition) is 1. The molecule has 0 amide bonds. The normalized spacial score (nSPS) is 14.6. The first kappa shape index (κ1) is 12.0. The second-order valence-electron chi connectivity index (χ2n) is 3.61. The Morgan fingerprint density at radius 2 is 2.00 bits per heavy atom. The highest BCUT2D eigenvalue weighted by Crippen LogP contribution is 2.21. The van der Waals surface area contributed by atoms with E-state index in [1.54, 1.807) is 0 Å². The Balaban J connectivity index is 2.72. The molecule has 1 rings (SSSR count). The fraction of sp³-hybridized carbons (Fsp3) is 0.750. The van der Waals surface area contributed by atoms with E-state index >= 15 is 0 Å². The van der Waals surface area contributed by atoms with E-state index in [4.69, 9.17) is 5.73 Å². The molecule has 7 heteroatoms. The summed E-state index contributed by atoms with van der Waals surface area (Å²) in [5.74, 6) is -0.304. The van der Waals surface area contributed by atoms with E-state index in [0.717, 1.165) is 0 Å². The molecule has 0 radical (unpaired) electrons. The monoisotopic (exact) mass is 223 g/mol. The first-order valence-electron chi connectivity index (χ1n) is 4.44. The van der Waals surface area contributed by atoms with Crippen molar-refractivity contribution in [1.82, 2.24) is 10.1 Å². The van der Waals surface area contributed by atoms with Crippen molar-refractivity contribution in [2.24, 2.45) is 11.7 Å². The zero-order chi connectivity index (χ0) is 11.6. The van der Waals surface area contributed by atoms with E-state index < -0.39 is 18.6 Å². The van der Waals surface area contributed by atoms with Crippen LogP contribution in [0.15, 0.2) is 4.52 Å². The van der Waals surface area contributed by atoms with Crippen LogP contribution < -0.4 is 5.73 Å². The standard InChI is InChI=1S/C8H12F3N3O/c1-4(2)6(12)7-13-5(14-15-7)3-8(9,10)11/h4,6H,3,12H2,1-2H3. The molecule has 0 aromatic carbocycles. The molecule has 0 saturated heterocycles. The summed E-state index contributed by atoms with van der Waals surface area (Å²) in [7, 11) is 0. The average molecular weight is 223 g/mol. The quantitative estimate of drug-likeness (QED) is 0.848. The Morgan fingerprint density at radius 3 is 2.47 bits per heavy atom. The Labute approximate surface area is 84.6 Å². The molecule has 0 saturated carbocycles. The summed E-state index contributed by atoms with van der Waals surface area (Å²) in [6.45, 7) is 3.64. The van der Waals surface area contributed by atoms with Gasteiger partial charge >= 0.3 is 6.18 Å². The summed E-state index contributed by atoms with van der Waals surface area (Å²) in [5.41, 5.74) is 5.64. The Morgan fingerprint density at radius 1 is 1.40 bits per heavy atom. The van der Waals surface area contributed by atoms with Crippen molar-refractivity contribution < 1.29 is 17.7 Å². The van der Waals surface area contributed by atoms with Crippen LogP contribution >= 0.6 is 0 Å². The van der Waals surface area contributed by atoms with Gasteiger partial charge in [-0.05, 0) is 5.92 Å². The fourth-order valence-electron chi connectivity index (χ4n) is 0.939. The average Bonchev–Trinajstić information content (AvgIpc) is 2.48. The van der Waals surface area contributed by atoms with E-state index in [1.807, 2.05) is 13.8 Å². The molecule has 4 nitrogen and oxygen atoms in total. The summed E-state index contributed by atoms with van der Waals surface area (Å²) >= 11 is 0. The van der Waals surface area contributed by atoms with Crippen LogP contribution in [0.3, 0.4) is 0 Å². The molecule has 0 bridgehead atoms. The maximum Gasteiger partial charge on any atom is 0.396 e. The lowest BCUT2D eigenvalue weighted by Crippen LogP contribution is -2.17. The third-order valence-electron chi connectivity index (χ3n) is 1.85. The van der Waals surface area contributed by atoms with Gasteiger partial charge in [0.05, 0.1) is 6.04 Å². The Hall–Kier alpha value is -1.11. The van der Waals surface area contributed by atoms with Gasteiger partial charge in [-0.3, -0.25) is 0 Å². The number of nitrogens with two attached hydrogens (primary N) is 1. The minimum atomic E-state index is -4.33. The molecular formula is C8H12F3N3O. The maximum atomic E-state index is 12.0. The van der Waals surface area contributed by atoms with Crippen LogP contribution in [0.2, 0.25) is 0 Å². The van der Waals surface area contributed by atoms with Crippen molar-refractivity contribution in [3.63, 3.8) is 0 Å². The lowest BCUT2D eigenvalue weighted by molar-refractivity contribution is -0.128. The molecule has 0 fully saturated rings. The van der Waals surface area contributed by atoms with Gasteiger partial charge in [0.1, 0.15) is 6.42 Å². The highest BCUT2D eigenvalue weighted by Gasteiger charge is 2.31. The van der Waals surface area contributed by atoms with Crippen LogP contribution in [-0.2, 0) is 6.42 Å². The fourth-order valence-corrected chi connectivity index (χ4v) is 0.939. The van der Waals surface area contributed by atoms with Gasteiger partial charge in [-0.2, -0.15) is 18.2 Å². The van der Waals surface area contributed by atoms with Gasteiger partial charge in [0, 0.05) is 0 Å². The molecule has 1 heterocycles. The summed E-state index contributed by atoms with van der Waals surface area (Å²) in [4.78, 5) is 3.59. The van der Waals surface area contributed by atoms with E-state index in [0.29, 0.717) is 0 Å². The second kappa shape index (κ2) is 4.18. The molecule has 1 aromatic rings. The number of halogens is 3. The van der Waals surface area contributed by atoms with E-state index in [-0.39, 0.29) is 17.6 Å². The topological polar surface area (TPSA) is 64.9 Å². The van der Waals surface area contributed by atoms with Gasteiger partial charge in [0.15, 0.2) is 5.82 Å². The highest BCUT2D eigenvalue weighted by atomic mass is 19.4. The molecule has 0 spiro atoms. The molecule has 0 aliphatic carbocycles. The van der Waals surface area contributed by atoms with Gasteiger partial charge in [-0.15, -0.1) is 0 Å². The first-order valence-corrected chi connectivity index (χ1v) is 4.44. The van der Waals surface area contributed by atoms with Gasteiger partial charge < -0.3 is 10.3 Å². The van der Waals surface area contributed by atoms with Gasteiger partial charge in [-0.25, -0.2) is 0 Å². The van der Waals surface area contributed by atoms with Crippen LogP contribution in [0.25, 0.3) is 0 Å². The number of alkyl halides is 3. The molecule has 1 atom stereocenters. The number of aromatic nitrogens is 2. The lowest BCUT2D eigenvalue weighted by atomic mass is 10.1. The van der Waals surface area contributed by atoms with Crippen LogP contribution in [-0.4, -0.2) is 16.3 Å². The molecule has 15 heavy (non-hydrogen) atoms. The number of hydrogen-bond acceptors (Lipinski definition) is 4. The first-order chi connectivity index (χ1) is 6.79. The zero-order valence-electron chi connectivity index (χ0n) is 8.38. The largest absolute Gasteiger partial charge is 0.396 e. The molecule has 2 N–H and O–H groups in total. The van der Waals surface area contributed by atoms with Crippen molar-refractivity contribution in [1.29, 1.82) is 0 Å². The summed E-state index contributed by atoms with van der Waals surface area (Å²) in [6.07, 6.45) is -5.52. The van der Waals surface area contributed by atoms with Crippen molar-refractivity contribution in [2.75, 3.05) is 0 Å². The third kappa shape index (κ3) is 3.50. The Bertz CT molecular complexity index is 321.